The number of Topliss-reactive ketones (excluding diaryl/α,β-unsaturated/α-hetero) is 1. The molecule has 0 amide bonds. The third-order valence-corrected chi connectivity index (χ3v) is 2.26. The predicted octanol–water partition coefficient (Wildman–Crippen LogP) is 0.706. The highest BCUT2D eigenvalue weighted by atomic mass is 16.1. The van der Waals surface area contributed by atoms with Crippen LogP contribution in [0.2, 0.25) is 0 Å². The lowest BCUT2D eigenvalue weighted by molar-refractivity contribution is -0.122. The molecule has 60 valence electrons. The van der Waals surface area contributed by atoms with Gasteiger partial charge in [-0.2, -0.15) is 0 Å². The number of carbonyl (C=O) groups is 1. The van der Waals surface area contributed by atoms with Gasteiger partial charge in [0.1, 0.15) is 5.78 Å². The van der Waals surface area contributed by atoms with E-state index in [2.05, 4.69) is 5.92 Å². The molecule has 0 aliphatic heterocycles. The number of hydrogen-bond donors (Lipinski definition) is 1. The van der Waals surface area contributed by atoms with Gasteiger partial charge in [0.15, 0.2) is 0 Å². The van der Waals surface area contributed by atoms with Gasteiger partial charge in [-0.25, -0.2) is 0 Å². The third-order valence-electron chi connectivity index (χ3n) is 2.26. The van der Waals surface area contributed by atoms with Crippen LogP contribution in [0.1, 0.15) is 25.7 Å². The van der Waals surface area contributed by atoms with Crippen LogP contribution in [0.15, 0.2) is 0 Å². The van der Waals surface area contributed by atoms with Crippen molar-refractivity contribution >= 4 is 5.78 Å². The van der Waals surface area contributed by atoms with E-state index in [0.29, 0.717) is 0 Å². The SMILES string of the molecule is C#CCC(=O)[C@H]1CCC[C@H]1N. The zero-order chi connectivity index (χ0) is 8.27. The Balaban J connectivity index is 2.47. The Bertz CT molecular complexity index is 192. The zero-order valence-electron chi connectivity index (χ0n) is 6.55. The molecule has 1 aliphatic rings. The highest BCUT2D eigenvalue weighted by Crippen LogP contribution is 2.25. The highest BCUT2D eigenvalue weighted by Gasteiger charge is 2.28. The van der Waals surface area contributed by atoms with E-state index < -0.39 is 0 Å². The maximum absolute atomic E-state index is 11.2. The first kappa shape index (κ1) is 8.29. The standard InChI is InChI=1S/C9H13NO/c1-2-4-9(11)7-5-3-6-8(7)10/h1,7-8H,3-6,10H2/t7-,8+/m0/s1. The average molecular weight is 151 g/mol. The van der Waals surface area contributed by atoms with E-state index in [4.69, 9.17) is 12.2 Å². The van der Waals surface area contributed by atoms with Crippen LogP contribution in [-0.2, 0) is 4.79 Å². The molecule has 2 nitrogen and oxygen atoms in total. The predicted molar refractivity (Wildman–Crippen MR) is 43.8 cm³/mol. The van der Waals surface area contributed by atoms with Crippen LogP contribution in [0.3, 0.4) is 0 Å². The summed E-state index contributed by atoms with van der Waals surface area (Å²) in [5.74, 6) is 2.56. The minimum absolute atomic E-state index is 0.0473. The lowest BCUT2D eigenvalue weighted by Gasteiger charge is -2.11. The number of hydrogen-bond acceptors (Lipinski definition) is 2. The van der Waals surface area contributed by atoms with Gasteiger partial charge in [0.25, 0.3) is 0 Å². The second kappa shape index (κ2) is 3.54. The number of carbonyl (C=O) groups excluding carboxylic acids is 1. The molecule has 0 aromatic rings. The maximum Gasteiger partial charge on any atom is 0.149 e. The maximum atomic E-state index is 11.2. The minimum atomic E-state index is 0.0473. The normalized spacial score (nSPS) is 29.8. The molecule has 1 aliphatic carbocycles. The molecule has 0 aromatic heterocycles. The summed E-state index contributed by atoms with van der Waals surface area (Å²) in [6.45, 7) is 0. The second-order valence-corrected chi connectivity index (χ2v) is 3.05. The Morgan fingerprint density at radius 3 is 2.82 bits per heavy atom. The molecule has 1 fully saturated rings. The summed E-state index contributed by atoms with van der Waals surface area (Å²) in [6.07, 6.45) is 8.26. The van der Waals surface area contributed by atoms with Gasteiger partial charge in [-0.05, 0) is 12.8 Å². The van der Waals surface area contributed by atoms with E-state index in [0.717, 1.165) is 19.3 Å². The number of nitrogens with two attached hydrogens (primary N) is 1. The number of rotatable bonds is 2. The lowest BCUT2D eigenvalue weighted by Crippen LogP contribution is -2.30. The first-order valence-corrected chi connectivity index (χ1v) is 3.97. The van der Waals surface area contributed by atoms with E-state index in [1.165, 1.54) is 0 Å². The molecule has 0 bridgehead atoms. The molecule has 0 radical (unpaired) electrons. The highest BCUT2D eigenvalue weighted by molar-refractivity contribution is 5.84. The van der Waals surface area contributed by atoms with Gasteiger partial charge in [0, 0.05) is 12.0 Å². The van der Waals surface area contributed by atoms with E-state index in [-0.39, 0.29) is 24.2 Å². The van der Waals surface area contributed by atoms with Crippen LogP contribution in [0.5, 0.6) is 0 Å². The Kier molecular flexibility index (Phi) is 2.67. The van der Waals surface area contributed by atoms with Crippen LogP contribution in [0.4, 0.5) is 0 Å². The van der Waals surface area contributed by atoms with Gasteiger partial charge < -0.3 is 5.73 Å². The Labute approximate surface area is 67.2 Å². The van der Waals surface area contributed by atoms with Crippen molar-refractivity contribution in [3.05, 3.63) is 0 Å². The summed E-state index contributed by atoms with van der Waals surface area (Å²) >= 11 is 0. The van der Waals surface area contributed by atoms with Crippen molar-refractivity contribution < 1.29 is 4.79 Å². The van der Waals surface area contributed by atoms with Crippen molar-refractivity contribution in [1.82, 2.24) is 0 Å². The number of ketones is 1. The van der Waals surface area contributed by atoms with Crippen molar-refractivity contribution in [2.45, 2.75) is 31.7 Å². The van der Waals surface area contributed by atoms with Gasteiger partial charge in [-0.1, -0.05) is 12.3 Å². The fraction of sp³-hybridized carbons (Fsp3) is 0.667. The smallest absolute Gasteiger partial charge is 0.149 e. The van der Waals surface area contributed by atoms with Gasteiger partial charge in [-0.15, -0.1) is 6.42 Å². The van der Waals surface area contributed by atoms with Crippen LogP contribution in [0.25, 0.3) is 0 Å². The molecule has 2 N–H and O–H groups in total. The topological polar surface area (TPSA) is 43.1 Å². The summed E-state index contributed by atoms with van der Waals surface area (Å²) in [6, 6.07) is 0.0656. The molecule has 1 rings (SSSR count). The Hall–Kier alpha value is -0.810. The van der Waals surface area contributed by atoms with Gasteiger partial charge in [0.05, 0.1) is 6.42 Å². The van der Waals surface area contributed by atoms with Crippen molar-refractivity contribution in [1.29, 1.82) is 0 Å². The molecular weight excluding hydrogens is 138 g/mol. The van der Waals surface area contributed by atoms with E-state index >= 15 is 0 Å². The molecule has 0 unspecified atom stereocenters. The molecule has 0 aromatic carbocycles. The second-order valence-electron chi connectivity index (χ2n) is 3.05. The monoisotopic (exact) mass is 151 g/mol. The van der Waals surface area contributed by atoms with E-state index in [9.17, 15) is 4.79 Å². The van der Waals surface area contributed by atoms with Gasteiger partial charge in [0.2, 0.25) is 0 Å². The molecule has 0 heterocycles. The van der Waals surface area contributed by atoms with Crippen molar-refractivity contribution in [2.24, 2.45) is 11.7 Å². The largest absolute Gasteiger partial charge is 0.327 e. The van der Waals surface area contributed by atoms with Crippen LogP contribution in [-0.4, -0.2) is 11.8 Å². The van der Waals surface area contributed by atoms with Crippen molar-refractivity contribution in [3.63, 3.8) is 0 Å². The molecule has 0 spiro atoms. The molecule has 11 heavy (non-hydrogen) atoms. The van der Waals surface area contributed by atoms with E-state index in [1.807, 2.05) is 0 Å². The first-order valence-electron chi connectivity index (χ1n) is 3.97. The molecule has 0 saturated heterocycles. The fourth-order valence-corrected chi connectivity index (χ4v) is 1.62. The van der Waals surface area contributed by atoms with E-state index in [1.54, 1.807) is 0 Å². The van der Waals surface area contributed by atoms with Gasteiger partial charge in [-0.3, -0.25) is 4.79 Å². The summed E-state index contributed by atoms with van der Waals surface area (Å²) in [5.41, 5.74) is 5.72. The van der Waals surface area contributed by atoms with Crippen LogP contribution < -0.4 is 5.73 Å². The van der Waals surface area contributed by atoms with Crippen molar-refractivity contribution in [3.8, 4) is 12.3 Å². The van der Waals surface area contributed by atoms with Crippen molar-refractivity contribution in [2.75, 3.05) is 0 Å². The van der Waals surface area contributed by atoms with Crippen LogP contribution in [0, 0.1) is 18.3 Å². The first-order chi connectivity index (χ1) is 5.25. The molecule has 2 heteroatoms. The average Bonchev–Trinajstić information content (AvgIpc) is 2.36. The summed E-state index contributed by atoms with van der Waals surface area (Å²) < 4.78 is 0. The summed E-state index contributed by atoms with van der Waals surface area (Å²) in [4.78, 5) is 11.2. The van der Waals surface area contributed by atoms with Crippen LogP contribution >= 0.6 is 0 Å². The molecule has 1 saturated carbocycles. The number of terminal acetylenes is 1. The zero-order valence-corrected chi connectivity index (χ0v) is 6.55. The minimum Gasteiger partial charge on any atom is -0.327 e. The lowest BCUT2D eigenvalue weighted by atomic mass is 9.97. The fourth-order valence-electron chi connectivity index (χ4n) is 1.62. The quantitative estimate of drug-likeness (QED) is 0.590. The van der Waals surface area contributed by atoms with Gasteiger partial charge >= 0.3 is 0 Å². The third kappa shape index (κ3) is 1.81. The Morgan fingerprint density at radius 2 is 2.36 bits per heavy atom. The Morgan fingerprint density at radius 1 is 1.64 bits per heavy atom. The molecular formula is C9H13NO. The summed E-state index contributed by atoms with van der Waals surface area (Å²) in [5, 5.41) is 0. The molecule has 2 atom stereocenters. The summed E-state index contributed by atoms with van der Waals surface area (Å²) in [7, 11) is 0.